The van der Waals surface area contributed by atoms with Crippen molar-refractivity contribution in [2.75, 3.05) is 0 Å². The van der Waals surface area contributed by atoms with Crippen LogP contribution in [0.4, 0.5) is 0 Å². The molecule has 0 amide bonds. The zero-order valence-electron chi connectivity index (χ0n) is 14.6. The Labute approximate surface area is 147 Å². The Kier molecular flexibility index (Phi) is 5.41. The predicted octanol–water partition coefficient (Wildman–Crippen LogP) is 4.15. The van der Waals surface area contributed by atoms with Crippen molar-refractivity contribution in [2.45, 2.75) is 20.8 Å². The topological polar surface area (TPSA) is 55.1 Å². The van der Waals surface area contributed by atoms with E-state index < -0.39 is 5.97 Å². The molecular formula is C21H20N2O2. The van der Waals surface area contributed by atoms with Gasteiger partial charge in [-0.05, 0) is 50.6 Å². The van der Waals surface area contributed by atoms with Gasteiger partial charge in [0.05, 0.1) is 22.5 Å². The van der Waals surface area contributed by atoms with Gasteiger partial charge in [0.15, 0.2) is 0 Å². The second-order valence-electron chi connectivity index (χ2n) is 5.56. The van der Waals surface area contributed by atoms with Crippen LogP contribution in [-0.2, 0) is 0 Å². The maximum Gasteiger partial charge on any atom is 0.335 e. The van der Waals surface area contributed by atoms with Gasteiger partial charge in [-0.25, -0.2) is 9.48 Å². The van der Waals surface area contributed by atoms with Crippen molar-refractivity contribution in [2.24, 2.45) is 0 Å². The van der Waals surface area contributed by atoms with Crippen LogP contribution in [0.5, 0.6) is 0 Å². The lowest BCUT2D eigenvalue weighted by Gasteiger charge is -2.09. The summed E-state index contributed by atoms with van der Waals surface area (Å²) >= 11 is 0. The van der Waals surface area contributed by atoms with E-state index in [-0.39, 0.29) is 5.56 Å². The molecule has 0 aliphatic rings. The zero-order chi connectivity index (χ0) is 18.6. The first kappa shape index (κ1) is 18.0. The van der Waals surface area contributed by atoms with Gasteiger partial charge in [-0.2, -0.15) is 5.10 Å². The molecule has 1 aromatic heterocycles. The first-order valence-corrected chi connectivity index (χ1v) is 7.76. The zero-order valence-corrected chi connectivity index (χ0v) is 14.6. The Morgan fingerprint density at radius 1 is 1.28 bits per heavy atom. The molecule has 0 spiro atoms. The van der Waals surface area contributed by atoms with Gasteiger partial charge in [0.25, 0.3) is 0 Å². The smallest absolute Gasteiger partial charge is 0.335 e. The third-order valence-electron chi connectivity index (χ3n) is 3.98. The van der Waals surface area contributed by atoms with E-state index in [9.17, 15) is 9.90 Å². The summed E-state index contributed by atoms with van der Waals surface area (Å²) in [6, 6.07) is 4.85. The number of rotatable bonds is 4. The minimum absolute atomic E-state index is 0.180. The molecule has 0 saturated carbocycles. The molecule has 1 N–H and O–H groups in total. The Morgan fingerprint density at radius 2 is 2.00 bits per heavy atom. The summed E-state index contributed by atoms with van der Waals surface area (Å²) in [6.45, 7) is 13.3. The van der Waals surface area contributed by atoms with Gasteiger partial charge in [-0.15, -0.1) is 0 Å². The molecule has 1 aromatic carbocycles. The first-order chi connectivity index (χ1) is 11.9. The predicted molar refractivity (Wildman–Crippen MR) is 100 cm³/mol. The van der Waals surface area contributed by atoms with Crippen LogP contribution < -0.4 is 0 Å². The van der Waals surface area contributed by atoms with Crippen molar-refractivity contribution in [3.8, 4) is 17.5 Å². The number of aromatic nitrogens is 2. The fraction of sp³-hybridized carbons (Fsp3) is 0.143. The van der Waals surface area contributed by atoms with Crippen LogP contribution in [0.25, 0.3) is 5.69 Å². The molecule has 0 radical (unpaired) electrons. The molecule has 1 heterocycles. The quantitative estimate of drug-likeness (QED) is 0.676. The van der Waals surface area contributed by atoms with Gasteiger partial charge in [-0.1, -0.05) is 37.2 Å². The maximum absolute atomic E-state index is 11.3. The number of allylic oxidation sites excluding steroid dienone is 4. The fourth-order valence-corrected chi connectivity index (χ4v) is 2.34. The molecule has 126 valence electrons. The number of hydrogen-bond acceptors (Lipinski definition) is 2. The van der Waals surface area contributed by atoms with Gasteiger partial charge in [0.1, 0.15) is 0 Å². The van der Waals surface area contributed by atoms with E-state index >= 15 is 0 Å². The van der Waals surface area contributed by atoms with E-state index in [1.54, 1.807) is 41.1 Å². The minimum atomic E-state index is -0.996. The normalized spacial score (nSPS) is 10.8. The Balaban J connectivity index is 2.69. The highest BCUT2D eigenvalue weighted by atomic mass is 16.4. The molecule has 0 saturated heterocycles. The molecular weight excluding hydrogens is 312 g/mol. The van der Waals surface area contributed by atoms with E-state index in [1.807, 2.05) is 20.8 Å². The van der Waals surface area contributed by atoms with E-state index in [0.29, 0.717) is 11.1 Å². The lowest BCUT2D eigenvalue weighted by Crippen LogP contribution is -2.05. The van der Waals surface area contributed by atoms with E-state index in [2.05, 4.69) is 30.1 Å². The molecule has 0 aliphatic heterocycles. The standard InChI is InChI=1S/C21H20N2O2/c1-6-8-17(7-2)9-10-18-13-19(21(24)25)11-12-20(18)23-16(5)14(3)15(4)22-23/h6-8,11-13H,1-2H2,3-5H3,(H,24,25)/b17-8+. The largest absolute Gasteiger partial charge is 0.478 e. The Hall–Kier alpha value is -3.32. The number of aryl methyl sites for hydroxylation is 1. The van der Waals surface area contributed by atoms with Crippen molar-refractivity contribution in [1.29, 1.82) is 0 Å². The summed E-state index contributed by atoms with van der Waals surface area (Å²) in [7, 11) is 0. The number of carboxylic acids is 1. The second kappa shape index (κ2) is 7.50. The Morgan fingerprint density at radius 3 is 2.52 bits per heavy atom. The van der Waals surface area contributed by atoms with Gasteiger partial charge < -0.3 is 5.11 Å². The summed E-state index contributed by atoms with van der Waals surface area (Å²) in [5.41, 5.74) is 5.23. The molecule has 4 heteroatoms. The maximum atomic E-state index is 11.3. The van der Waals surface area contributed by atoms with Crippen LogP contribution >= 0.6 is 0 Å². The molecule has 0 atom stereocenters. The van der Waals surface area contributed by atoms with Crippen LogP contribution in [0.2, 0.25) is 0 Å². The average Bonchev–Trinajstić information content (AvgIpc) is 2.85. The van der Waals surface area contributed by atoms with Crippen molar-refractivity contribution in [1.82, 2.24) is 9.78 Å². The lowest BCUT2D eigenvalue weighted by molar-refractivity contribution is 0.0697. The molecule has 4 nitrogen and oxygen atoms in total. The highest BCUT2D eigenvalue weighted by Gasteiger charge is 2.14. The van der Waals surface area contributed by atoms with Crippen molar-refractivity contribution >= 4 is 5.97 Å². The molecule has 0 aliphatic carbocycles. The summed E-state index contributed by atoms with van der Waals surface area (Å²) in [4.78, 5) is 11.3. The highest BCUT2D eigenvalue weighted by Crippen LogP contribution is 2.21. The number of carbonyl (C=O) groups is 1. The highest BCUT2D eigenvalue weighted by molar-refractivity contribution is 5.88. The molecule has 0 fully saturated rings. The van der Waals surface area contributed by atoms with E-state index in [0.717, 1.165) is 22.6 Å². The SMILES string of the molecule is C=C/C=C(/C#Cc1cc(C(=O)O)ccc1-n1nc(C)c(C)c1C)C=C. The molecule has 25 heavy (non-hydrogen) atoms. The lowest BCUT2D eigenvalue weighted by atomic mass is 10.1. The van der Waals surface area contributed by atoms with Crippen LogP contribution in [-0.4, -0.2) is 20.9 Å². The molecule has 0 bridgehead atoms. The number of carboxylic acid groups (broad SMARTS) is 1. The number of aromatic carboxylic acids is 1. The second-order valence-corrected chi connectivity index (χ2v) is 5.56. The summed E-state index contributed by atoms with van der Waals surface area (Å²) in [5.74, 6) is 5.03. The number of hydrogen-bond donors (Lipinski definition) is 1. The van der Waals surface area contributed by atoms with Crippen molar-refractivity contribution in [3.63, 3.8) is 0 Å². The van der Waals surface area contributed by atoms with Crippen LogP contribution in [0, 0.1) is 32.6 Å². The van der Waals surface area contributed by atoms with Crippen molar-refractivity contribution < 1.29 is 9.90 Å². The first-order valence-electron chi connectivity index (χ1n) is 7.76. The third-order valence-corrected chi connectivity index (χ3v) is 3.98. The summed E-state index contributed by atoms with van der Waals surface area (Å²) < 4.78 is 1.80. The van der Waals surface area contributed by atoms with Crippen LogP contribution in [0.1, 0.15) is 32.9 Å². The van der Waals surface area contributed by atoms with Gasteiger partial charge in [0, 0.05) is 11.3 Å². The molecule has 0 unspecified atom stereocenters. The van der Waals surface area contributed by atoms with Gasteiger partial charge in [0.2, 0.25) is 0 Å². The monoisotopic (exact) mass is 332 g/mol. The van der Waals surface area contributed by atoms with Crippen LogP contribution in [0.15, 0.2) is 55.2 Å². The average molecular weight is 332 g/mol. The van der Waals surface area contributed by atoms with Gasteiger partial charge in [-0.3, -0.25) is 0 Å². The van der Waals surface area contributed by atoms with Gasteiger partial charge >= 0.3 is 5.97 Å². The third kappa shape index (κ3) is 3.78. The summed E-state index contributed by atoms with van der Waals surface area (Å²) in [6.07, 6.45) is 5.00. The fourth-order valence-electron chi connectivity index (χ4n) is 2.34. The number of benzene rings is 1. The van der Waals surface area contributed by atoms with E-state index in [4.69, 9.17) is 0 Å². The van der Waals surface area contributed by atoms with Crippen LogP contribution in [0.3, 0.4) is 0 Å². The van der Waals surface area contributed by atoms with Crippen molar-refractivity contribution in [3.05, 3.63) is 83.2 Å². The Bertz CT molecular complexity index is 950. The van der Waals surface area contributed by atoms with E-state index in [1.165, 1.54) is 0 Å². The molecule has 2 rings (SSSR count). The minimum Gasteiger partial charge on any atom is -0.478 e. The molecule has 2 aromatic rings. The summed E-state index contributed by atoms with van der Waals surface area (Å²) in [5, 5.41) is 13.8. The number of nitrogens with zero attached hydrogens (tertiary/aromatic N) is 2.